The van der Waals surface area contributed by atoms with Crippen LogP contribution in [0.3, 0.4) is 0 Å². The Morgan fingerprint density at radius 3 is 2.11 bits per heavy atom. The van der Waals surface area contributed by atoms with Crippen LogP contribution in [0.5, 0.6) is 0 Å². The first kappa shape index (κ1) is 19.9. The Kier molecular flexibility index (Phi) is 4.10. The minimum Gasteiger partial charge on any atom is -0.317 e. The molecule has 5 saturated carbocycles. The average Bonchev–Trinajstić information content (AvgIpc) is 3.24. The molecule has 5 aliphatic rings. The zero-order chi connectivity index (χ0) is 20.2. The van der Waals surface area contributed by atoms with Gasteiger partial charge >= 0.3 is 0 Å². The van der Waals surface area contributed by atoms with Crippen molar-refractivity contribution in [3.63, 3.8) is 0 Å². The second kappa shape index (κ2) is 5.78. The molecule has 2 spiro atoms. The number of fused-ring (bicyclic) bond motifs is 2. The summed E-state index contributed by atoms with van der Waals surface area (Å²) >= 11 is 0. The van der Waals surface area contributed by atoms with Crippen molar-refractivity contribution in [3.8, 4) is 0 Å². The summed E-state index contributed by atoms with van der Waals surface area (Å²) in [4.78, 5) is 0. The number of nitrogens with one attached hydrogen (secondary N) is 2. The molecular formula is C26H46N2. The molecule has 160 valence electrons. The maximum atomic E-state index is 3.70. The standard InChI is InChI=1S/C26H46N2/c1-17(27-6)18-10-12-24(5)20-9-8-19-22(2,3)21(28-7)11-13-25(19)16-26(20,25)15-14-23(18,24)4/h17-21,27-28H,8-16H2,1-7H3/t17-,18+,19-,20-,21-,23+,24+,25+,26-/m0/s1. The van der Waals surface area contributed by atoms with Crippen molar-refractivity contribution in [2.45, 2.75) is 104 Å². The summed E-state index contributed by atoms with van der Waals surface area (Å²) in [6.45, 7) is 13.1. The van der Waals surface area contributed by atoms with Crippen LogP contribution in [-0.4, -0.2) is 26.2 Å². The predicted molar refractivity (Wildman–Crippen MR) is 118 cm³/mol. The highest BCUT2D eigenvalue weighted by molar-refractivity contribution is 5.31. The molecule has 0 unspecified atom stereocenters. The molecule has 5 rings (SSSR count). The third-order valence-electron chi connectivity index (χ3n) is 12.6. The molecule has 5 fully saturated rings. The highest BCUT2D eigenvalue weighted by Crippen LogP contribution is 2.88. The van der Waals surface area contributed by atoms with Crippen molar-refractivity contribution in [1.82, 2.24) is 10.6 Å². The van der Waals surface area contributed by atoms with E-state index in [-0.39, 0.29) is 0 Å². The van der Waals surface area contributed by atoms with E-state index in [2.05, 4.69) is 59.3 Å². The van der Waals surface area contributed by atoms with E-state index >= 15 is 0 Å². The van der Waals surface area contributed by atoms with Gasteiger partial charge in [0.05, 0.1) is 0 Å². The van der Waals surface area contributed by atoms with E-state index in [1.54, 1.807) is 6.42 Å². The maximum Gasteiger partial charge on any atom is 0.0118 e. The van der Waals surface area contributed by atoms with E-state index < -0.39 is 0 Å². The van der Waals surface area contributed by atoms with Gasteiger partial charge in [-0.05, 0) is 124 Å². The summed E-state index contributed by atoms with van der Waals surface area (Å²) in [5.74, 6) is 2.80. The maximum absolute atomic E-state index is 3.70. The molecule has 28 heavy (non-hydrogen) atoms. The lowest BCUT2D eigenvalue weighted by Gasteiger charge is -2.63. The van der Waals surface area contributed by atoms with Gasteiger partial charge in [0.1, 0.15) is 0 Å². The van der Waals surface area contributed by atoms with Crippen molar-refractivity contribution in [2.75, 3.05) is 14.1 Å². The summed E-state index contributed by atoms with van der Waals surface area (Å²) in [5, 5.41) is 7.33. The Morgan fingerprint density at radius 2 is 1.43 bits per heavy atom. The molecule has 0 heterocycles. The Balaban J connectivity index is 1.50. The molecule has 5 aliphatic carbocycles. The van der Waals surface area contributed by atoms with E-state index in [4.69, 9.17) is 0 Å². The van der Waals surface area contributed by atoms with Gasteiger partial charge in [0.15, 0.2) is 0 Å². The summed E-state index contributed by atoms with van der Waals surface area (Å²) in [6.07, 6.45) is 13.4. The van der Waals surface area contributed by atoms with E-state index in [1.807, 2.05) is 0 Å². The normalized spacial score (nSPS) is 57.5. The van der Waals surface area contributed by atoms with Crippen molar-refractivity contribution in [2.24, 2.45) is 44.8 Å². The Morgan fingerprint density at radius 1 is 0.750 bits per heavy atom. The molecule has 9 atom stereocenters. The van der Waals surface area contributed by atoms with Crippen LogP contribution in [0.4, 0.5) is 0 Å². The highest BCUT2D eigenvalue weighted by Gasteiger charge is 2.82. The molecule has 0 aliphatic heterocycles. The van der Waals surface area contributed by atoms with E-state index in [1.165, 1.54) is 51.4 Å². The minimum absolute atomic E-state index is 0.460. The van der Waals surface area contributed by atoms with Gasteiger partial charge in [-0.25, -0.2) is 0 Å². The average molecular weight is 387 g/mol. The molecule has 2 heteroatoms. The first-order valence-electron chi connectivity index (χ1n) is 12.5. The Labute approximate surface area is 174 Å². The van der Waals surface area contributed by atoms with Crippen LogP contribution < -0.4 is 10.6 Å². The summed E-state index contributed by atoms with van der Waals surface area (Å²) < 4.78 is 0. The van der Waals surface area contributed by atoms with Crippen LogP contribution in [0.25, 0.3) is 0 Å². The van der Waals surface area contributed by atoms with Crippen LogP contribution in [0.1, 0.15) is 92.4 Å². The largest absolute Gasteiger partial charge is 0.317 e. The van der Waals surface area contributed by atoms with Crippen molar-refractivity contribution in [3.05, 3.63) is 0 Å². The van der Waals surface area contributed by atoms with Gasteiger partial charge in [-0.3, -0.25) is 0 Å². The molecule has 0 saturated heterocycles. The molecule has 0 radical (unpaired) electrons. The second-order valence-corrected chi connectivity index (χ2v) is 12.9. The smallest absolute Gasteiger partial charge is 0.0118 e. The van der Waals surface area contributed by atoms with E-state index in [0.29, 0.717) is 39.2 Å². The molecule has 0 aromatic rings. The first-order valence-corrected chi connectivity index (χ1v) is 12.5. The fourth-order valence-corrected chi connectivity index (χ4v) is 10.9. The van der Waals surface area contributed by atoms with Crippen LogP contribution >= 0.6 is 0 Å². The van der Waals surface area contributed by atoms with Gasteiger partial charge in [-0.2, -0.15) is 0 Å². The number of hydrogen-bond acceptors (Lipinski definition) is 2. The molecule has 0 bridgehead atoms. The lowest BCUT2D eigenvalue weighted by molar-refractivity contribution is -0.143. The zero-order valence-electron chi connectivity index (χ0n) is 19.8. The van der Waals surface area contributed by atoms with Crippen LogP contribution in [0.15, 0.2) is 0 Å². The van der Waals surface area contributed by atoms with E-state index in [0.717, 1.165) is 17.8 Å². The lowest BCUT2D eigenvalue weighted by Crippen LogP contribution is -2.59. The summed E-state index contributed by atoms with van der Waals surface area (Å²) in [5.41, 5.74) is 2.98. The topological polar surface area (TPSA) is 24.1 Å². The summed E-state index contributed by atoms with van der Waals surface area (Å²) in [7, 11) is 4.38. The third-order valence-corrected chi connectivity index (χ3v) is 12.6. The highest BCUT2D eigenvalue weighted by atomic mass is 14.9. The van der Waals surface area contributed by atoms with Gasteiger partial charge in [-0.15, -0.1) is 0 Å². The fraction of sp³-hybridized carbons (Fsp3) is 1.00. The molecule has 2 nitrogen and oxygen atoms in total. The van der Waals surface area contributed by atoms with Crippen molar-refractivity contribution < 1.29 is 0 Å². The SMILES string of the molecule is CN[C@@H](C)[C@H]1CC[C@]2(C)[C@@H]3CC[C@H]4C(C)(C)[C@@H](NC)CC[C@@]45C[C@@]35CC[C@]12C. The Bertz CT molecular complexity index is 657. The van der Waals surface area contributed by atoms with Gasteiger partial charge in [0.25, 0.3) is 0 Å². The van der Waals surface area contributed by atoms with Gasteiger partial charge in [0.2, 0.25) is 0 Å². The van der Waals surface area contributed by atoms with Gasteiger partial charge in [-0.1, -0.05) is 27.7 Å². The van der Waals surface area contributed by atoms with E-state index in [9.17, 15) is 0 Å². The van der Waals surface area contributed by atoms with Crippen molar-refractivity contribution in [1.29, 1.82) is 0 Å². The van der Waals surface area contributed by atoms with Gasteiger partial charge < -0.3 is 10.6 Å². The third kappa shape index (κ3) is 1.99. The number of hydrogen-bond donors (Lipinski definition) is 2. The van der Waals surface area contributed by atoms with Crippen LogP contribution in [0, 0.1) is 44.8 Å². The van der Waals surface area contributed by atoms with Crippen molar-refractivity contribution >= 4 is 0 Å². The molecule has 2 N–H and O–H groups in total. The zero-order valence-corrected chi connectivity index (χ0v) is 19.8. The quantitative estimate of drug-likeness (QED) is 0.657. The predicted octanol–water partition coefficient (Wildman–Crippen LogP) is 5.62. The second-order valence-electron chi connectivity index (χ2n) is 12.9. The molecule has 0 aromatic carbocycles. The fourth-order valence-electron chi connectivity index (χ4n) is 10.9. The van der Waals surface area contributed by atoms with Gasteiger partial charge in [0, 0.05) is 12.1 Å². The minimum atomic E-state index is 0.460. The lowest BCUT2D eigenvalue weighted by atomic mass is 9.42. The molecular weight excluding hydrogens is 340 g/mol. The first-order chi connectivity index (χ1) is 13.1. The molecule has 0 aromatic heterocycles. The van der Waals surface area contributed by atoms with Crippen LogP contribution in [-0.2, 0) is 0 Å². The van der Waals surface area contributed by atoms with Crippen LogP contribution in [0.2, 0.25) is 0 Å². The summed E-state index contributed by atoms with van der Waals surface area (Å²) in [6, 6.07) is 1.38. The molecule has 0 amide bonds. The monoisotopic (exact) mass is 386 g/mol. The number of rotatable bonds is 3. The Hall–Kier alpha value is -0.0800.